The van der Waals surface area contributed by atoms with E-state index in [-0.39, 0.29) is 18.9 Å². The SMILES string of the molecule is CCCCCCNCCCCCC.[Li]. The van der Waals surface area contributed by atoms with E-state index < -0.39 is 0 Å². The van der Waals surface area contributed by atoms with E-state index in [1.807, 2.05) is 0 Å². The fourth-order valence-electron chi connectivity index (χ4n) is 1.48. The third-order valence-electron chi connectivity index (χ3n) is 2.41. The second-order valence-electron chi connectivity index (χ2n) is 3.87. The van der Waals surface area contributed by atoms with Crippen molar-refractivity contribution in [2.45, 2.75) is 65.2 Å². The summed E-state index contributed by atoms with van der Waals surface area (Å²) in [6, 6.07) is 0. The molecule has 0 rings (SSSR count). The van der Waals surface area contributed by atoms with Gasteiger partial charge in [-0.05, 0) is 25.9 Å². The molecule has 1 radical (unpaired) electrons. The fraction of sp³-hybridized carbons (Fsp3) is 1.00. The van der Waals surface area contributed by atoms with E-state index in [1.165, 1.54) is 64.5 Å². The first-order valence-corrected chi connectivity index (χ1v) is 6.12. The molecule has 0 aliphatic carbocycles. The molecule has 0 spiro atoms. The molecule has 0 saturated heterocycles. The van der Waals surface area contributed by atoms with Gasteiger partial charge in [-0.15, -0.1) is 0 Å². The zero-order chi connectivity index (χ0) is 9.78. The first kappa shape index (κ1) is 17.0. The van der Waals surface area contributed by atoms with E-state index >= 15 is 0 Å². The third-order valence-corrected chi connectivity index (χ3v) is 2.41. The van der Waals surface area contributed by atoms with Gasteiger partial charge in [-0.2, -0.15) is 0 Å². The van der Waals surface area contributed by atoms with Crippen molar-refractivity contribution in [1.82, 2.24) is 5.32 Å². The Labute approximate surface area is 103 Å². The molecule has 0 aromatic heterocycles. The fourth-order valence-corrected chi connectivity index (χ4v) is 1.48. The van der Waals surface area contributed by atoms with Gasteiger partial charge in [0.2, 0.25) is 0 Å². The van der Waals surface area contributed by atoms with Crippen LogP contribution in [0.1, 0.15) is 65.2 Å². The second kappa shape index (κ2) is 16.0. The predicted octanol–water partition coefficient (Wildman–Crippen LogP) is 3.36. The van der Waals surface area contributed by atoms with Crippen LogP contribution in [0.5, 0.6) is 0 Å². The van der Waals surface area contributed by atoms with Gasteiger partial charge in [-0.25, -0.2) is 0 Å². The maximum absolute atomic E-state index is 3.50. The first-order valence-electron chi connectivity index (χ1n) is 6.12. The van der Waals surface area contributed by atoms with Crippen molar-refractivity contribution in [2.75, 3.05) is 13.1 Å². The van der Waals surface area contributed by atoms with Crippen LogP contribution in [0.4, 0.5) is 0 Å². The van der Waals surface area contributed by atoms with Crippen LogP contribution in [-0.2, 0) is 0 Å². The van der Waals surface area contributed by atoms with Crippen LogP contribution in [0, 0.1) is 0 Å². The van der Waals surface area contributed by atoms with E-state index in [9.17, 15) is 0 Å². The minimum atomic E-state index is 0. The van der Waals surface area contributed by atoms with Gasteiger partial charge in [0.15, 0.2) is 0 Å². The molecule has 0 atom stereocenters. The molecule has 0 unspecified atom stereocenters. The number of hydrogen-bond acceptors (Lipinski definition) is 1. The number of unbranched alkanes of at least 4 members (excludes halogenated alkanes) is 6. The monoisotopic (exact) mass is 192 g/mol. The zero-order valence-corrected chi connectivity index (χ0v) is 10.6. The smallest absolute Gasteiger partial charge is 0 e. The largest absolute Gasteiger partial charge is 0.317 e. The standard InChI is InChI=1S/C12H27N.Li/c1-3-5-7-9-11-13-12-10-8-6-4-2;/h13H,3-12H2,1-2H3;. The molecule has 0 heterocycles. The average molecular weight is 192 g/mol. The molecular weight excluding hydrogens is 165 g/mol. The summed E-state index contributed by atoms with van der Waals surface area (Å²) in [7, 11) is 0. The van der Waals surface area contributed by atoms with Crippen molar-refractivity contribution in [3.63, 3.8) is 0 Å². The van der Waals surface area contributed by atoms with Gasteiger partial charge in [-0.3, -0.25) is 0 Å². The predicted molar refractivity (Wildman–Crippen MR) is 66.9 cm³/mol. The van der Waals surface area contributed by atoms with E-state index in [4.69, 9.17) is 0 Å². The maximum atomic E-state index is 3.50. The quantitative estimate of drug-likeness (QED) is 0.413. The summed E-state index contributed by atoms with van der Waals surface area (Å²) < 4.78 is 0. The van der Waals surface area contributed by atoms with Gasteiger partial charge < -0.3 is 5.32 Å². The molecule has 0 aromatic carbocycles. The second-order valence-corrected chi connectivity index (χ2v) is 3.87. The van der Waals surface area contributed by atoms with Crippen molar-refractivity contribution in [3.05, 3.63) is 0 Å². The first-order chi connectivity index (χ1) is 6.41. The van der Waals surface area contributed by atoms with Crippen molar-refractivity contribution >= 4 is 18.9 Å². The Bertz CT molecular complexity index is 76.4. The van der Waals surface area contributed by atoms with Gasteiger partial charge in [0, 0.05) is 18.9 Å². The Hall–Kier alpha value is 0.557. The van der Waals surface area contributed by atoms with Crippen LogP contribution < -0.4 is 5.32 Å². The van der Waals surface area contributed by atoms with Crippen LogP contribution >= 0.6 is 0 Å². The van der Waals surface area contributed by atoms with Crippen molar-refractivity contribution in [1.29, 1.82) is 0 Å². The minimum Gasteiger partial charge on any atom is -0.317 e. The molecule has 0 aromatic rings. The van der Waals surface area contributed by atoms with E-state index in [1.54, 1.807) is 0 Å². The van der Waals surface area contributed by atoms with Gasteiger partial charge >= 0.3 is 0 Å². The Morgan fingerprint density at radius 1 is 0.643 bits per heavy atom. The van der Waals surface area contributed by atoms with Gasteiger partial charge in [-0.1, -0.05) is 52.4 Å². The van der Waals surface area contributed by atoms with E-state index in [0.29, 0.717) is 0 Å². The normalized spacial score (nSPS) is 9.86. The Morgan fingerprint density at radius 3 is 1.43 bits per heavy atom. The van der Waals surface area contributed by atoms with Crippen LogP contribution in [0.3, 0.4) is 0 Å². The van der Waals surface area contributed by atoms with Crippen LogP contribution in [-0.4, -0.2) is 32.0 Å². The van der Waals surface area contributed by atoms with Gasteiger partial charge in [0.05, 0.1) is 0 Å². The Balaban J connectivity index is 0. The zero-order valence-electron chi connectivity index (χ0n) is 10.6. The maximum Gasteiger partial charge on any atom is 0 e. The van der Waals surface area contributed by atoms with Gasteiger partial charge in [0.25, 0.3) is 0 Å². The Morgan fingerprint density at radius 2 is 1.07 bits per heavy atom. The van der Waals surface area contributed by atoms with E-state index in [2.05, 4.69) is 19.2 Å². The topological polar surface area (TPSA) is 12.0 Å². The summed E-state index contributed by atoms with van der Waals surface area (Å²) >= 11 is 0. The third kappa shape index (κ3) is 15.0. The molecule has 14 heavy (non-hydrogen) atoms. The van der Waals surface area contributed by atoms with E-state index in [0.717, 1.165) is 0 Å². The average Bonchev–Trinajstić information content (AvgIpc) is 2.16. The molecule has 0 bridgehead atoms. The number of hydrogen-bond donors (Lipinski definition) is 1. The molecule has 0 fully saturated rings. The molecule has 1 N–H and O–H groups in total. The summed E-state index contributed by atoms with van der Waals surface area (Å²) in [6.07, 6.45) is 11.0. The molecule has 1 nitrogen and oxygen atoms in total. The molecular formula is C12H27LiN. The summed E-state index contributed by atoms with van der Waals surface area (Å²) in [5, 5.41) is 3.50. The molecule has 81 valence electrons. The van der Waals surface area contributed by atoms with Crippen molar-refractivity contribution in [3.8, 4) is 0 Å². The van der Waals surface area contributed by atoms with Crippen LogP contribution in [0.15, 0.2) is 0 Å². The number of nitrogens with one attached hydrogen (secondary N) is 1. The molecule has 0 aliphatic rings. The molecule has 2 heteroatoms. The summed E-state index contributed by atoms with van der Waals surface area (Å²) in [6.45, 7) is 6.98. The van der Waals surface area contributed by atoms with Crippen molar-refractivity contribution in [2.24, 2.45) is 0 Å². The number of rotatable bonds is 10. The van der Waals surface area contributed by atoms with Crippen LogP contribution in [0.25, 0.3) is 0 Å². The summed E-state index contributed by atoms with van der Waals surface area (Å²) in [5.41, 5.74) is 0. The molecule has 0 amide bonds. The van der Waals surface area contributed by atoms with Crippen molar-refractivity contribution < 1.29 is 0 Å². The van der Waals surface area contributed by atoms with Crippen LogP contribution in [0.2, 0.25) is 0 Å². The molecule has 0 saturated carbocycles. The Kier molecular flexibility index (Phi) is 19.4. The summed E-state index contributed by atoms with van der Waals surface area (Å²) in [4.78, 5) is 0. The summed E-state index contributed by atoms with van der Waals surface area (Å²) in [5.74, 6) is 0. The van der Waals surface area contributed by atoms with Gasteiger partial charge in [0.1, 0.15) is 0 Å². The minimum absolute atomic E-state index is 0. The molecule has 0 aliphatic heterocycles.